The summed E-state index contributed by atoms with van der Waals surface area (Å²) in [5.74, 6) is 0.909. The van der Waals surface area contributed by atoms with Crippen LogP contribution in [0.15, 0.2) is 43.4 Å². The minimum Gasteiger partial charge on any atom is -0.365 e. The number of hydrogen-bond donors (Lipinski definition) is 1. The van der Waals surface area contributed by atoms with Crippen molar-refractivity contribution in [3.63, 3.8) is 0 Å². The molecule has 5 rings (SSSR count). The standard InChI is InChI=1S/C19H17F3N8O/c1-11-7-29(8-14(31-11)12-4-23-10-27-12)16-2-3-24-18(28-16)13-5-26-17-6-25-15(9-30(13)17)19(20,21)22/h2-6,9-11,14H,7-8H2,1H3,(H,23,27)/t11-,14-/m0/s1. The van der Waals surface area contributed by atoms with Gasteiger partial charge in [0.15, 0.2) is 17.2 Å². The highest BCUT2D eigenvalue weighted by Crippen LogP contribution is 2.30. The van der Waals surface area contributed by atoms with E-state index >= 15 is 0 Å². The third-order valence-electron chi connectivity index (χ3n) is 5.01. The first kappa shape index (κ1) is 19.4. The van der Waals surface area contributed by atoms with Gasteiger partial charge in [-0.05, 0) is 13.0 Å². The second-order valence-electron chi connectivity index (χ2n) is 7.23. The number of halogens is 3. The number of nitrogens with zero attached hydrogens (tertiary/aromatic N) is 7. The highest BCUT2D eigenvalue weighted by molar-refractivity contribution is 5.58. The number of anilines is 1. The number of rotatable bonds is 3. The molecule has 1 N–H and O–H groups in total. The molecule has 0 aromatic carbocycles. The van der Waals surface area contributed by atoms with Crippen molar-refractivity contribution >= 4 is 11.5 Å². The van der Waals surface area contributed by atoms with Crippen LogP contribution >= 0.6 is 0 Å². The van der Waals surface area contributed by atoms with E-state index in [0.29, 0.717) is 24.6 Å². The molecule has 0 bridgehead atoms. The van der Waals surface area contributed by atoms with E-state index in [1.807, 2.05) is 6.92 Å². The largest absolute Gasteiger partial charge is 0.434 e. The van der Waals surface area contributed by atoms with Crippen LogP contribution in [0.4, 0.5) is 19.0 Å². The Labute approximate surface area is 174 Å². The maximum absolute atomic E-state index is 13.1. The molecule has 0 spiro atoms. The van der Waals surface area contributed by atoms with Crippen LogP contribution in [-0.4, -0.2) is 53.5 Å². The normalized spacial score (nSPS) is 19.8. The van der Waals surface area contributed by atoms with Crippen LogP contribution < -0.4 is 4.90 Å². The molecule has 1 aliphatic rings. The number of hydrogen-bond acceptors (Lipinski definition) is 7. The van der Waals surface area contributed by atoms with Crippen molar-refractivity contribution in [2.75, 3.05) is 18.0 Å². The van der Waals surface area contributed by atoms with E-state index in [-0.39, 0.29) is 23.7 Å². The van der Waals surface area contributed by atoms with Gasteiger partial charge in [-0.3, -0.25) is 4.40 Å². The zero-order chi connectivity index (χ0) is 21.6. The van der Waals surface area contributed by atoms with Crippen LogP contribution in [0.2, 0.25) is 0 Å². The van der Waals surface area contributed by atoms with Crippen LogP contribution in [-0.2, 0) is 10.9 Å². The lowest BCUT2D eigenvalue weighted by molar-refractivity contribution is -0.141. The Morgan fingerprint density at radius 1 is 1.13 bits per heavy atom. The van der Waals surface area contributed by atoms with Gasteiger partial charge in [0.25, 0.3) is 0 Å². The molecule has 4 aromatic rings. The van der Waals surface area contributed by atoms with Crippen molar-refractivity contribution in [1.82, 2.24) is 34.3 Å². The fraction of sp³-hybridized carbons (Fsp3) is 0.316. The molecule has 1 aliphatic heterocycles. The van der Waals surface area contributed by atoms with Gasteiger partial charge < -0.3 is 14.6 Å². The Hall–Kier alpha value is -3.54. The summed E-state index contributed by atoms with van der Waals surface area (Å²) in [7, 11) is 0. The van der Waals surface area contributed by atoms with Crippen molar-refractivity contribution in [3.05, 3.63) is 54.8 Å². The molecule has 1 fully saturated rings. The van der Waals surface area contributed by atoms with E-state index in [2.05, 4.69) is 34.8 Å². The minimum absolute atomic E-state index is 0.0586. The number of imidazole rings is 2. The topological polar surface area (TPSA) is 97.1 Å². The first-order valence-corrected chi connectivity index (χ1v) is 9.51. The number of aromatic amines is 1. The van der Waals surface area contributed by atoms with Gasteiger partial charge >= 0.3 is 6.18 Å². The molecule has 0 amide bonds. The summed E-state index contributed by atoms with van der Waals surface area (Å²) < 4.78 is 46.6. The van der Waals surface area contributed by atoms with Crippen molar-refractivity contribution < 1.29 is 17.9 Å². The number of H-pyrrole nitrogens is 1. The fourth-order valence-electron chi connectivity index (χ4n) is 3.60. The van der Waals surface area contributed by atoms with Gasteiger partial charge in [0.2, 0.25) is 0 Å². The third-order valence-corrected chi connectivity index (χ3v) is 5.01. The van der Waals surface area contributed by atoms with Gasteiger partial charge in [0.1, 0.15) is 17.6 Å². The summed E-state index contributed by atoms with van der Waals surface area (Å²) in [6.45, 7) is 3.11. The van der Waals surface area contributed by atoms with Crippen LogP contribution in [0.25, 0.3) is 17.2 Å². The van der Waals surface area contributed by atoms with Gasteiger partial charge in [-0.1, -0.05) is 0 Å². The second-order valence-corrected chi connectivity index (χ2v) is 7.23. The molecule has 0 saturated carbocycles. The second kappa shape index (κ2) is 7.30. The maximum Gasteiger partial charge on any atom is 0.434 e. The SMILES string of the molecule is C[C@H]1CN(c2ccnc(-c3cnc4cnc(C(F)(F)F)cn34)n2)C[C@@H](c2cnc[nH]2)O1. The molecule has 5 heterocycles. The first-order valence-electron chi connectivity index (χ1n) is 9.51. The predicted molar refractivity (Wildman–Crippen MR) is 103 cm³/mol. The molecule has 31 heavy (non-hydrogen) atoms. The highest BCUT2D eigenvalue weighted by atomic mass is 19.4. The van der Waals surface area contributed by atoms with Crippen LogP contribution in [0.3, 0.4) is 0 Å². The maximum atomic E-state index is 13.1. The Balaban J connectivity index is 1.49. The number of fused-ring (bicyclic) bond motifs is 1. The molecule has 9 nitrogen and oxygen atoms in total. The summed E-state index contributed by atoms with van der Waals surface area (Å²) in [5, 5.41) is 0. The van der Waals surface area contributed by atoms with Gasteiger partial charge in [0.05, 0.1) is 43.3 Å². The lowest BCUT2D eigenvalue weighted by Crippen LogP contribution is -2.43. The quantitative estimate of drug-likeness (QED) is 0.534. The van der Waals surface area contributed by atoms with Crippen molar-refractivity contribution in [2.24, 2.45) is 0 Å². The van der Waals surface area contributed by atoms with Crippen LogP contribution in [0.1, 0.15) is 24.4 Å². The Morgan fingerprint density at radius 3 is 2.77 bits per heavy atom. The number of morpholine rings is 1. The Morgan fingerprint density at radius 2 is 2.00 bits per heavy atom. The van der Waals surface area contributed by atoms with Gasteiger partial charge in [-0.25, -0.2) is 24.9 Å². The van der Waals surface area contributed by atoms with Gasteiger partial charge in [-0.2, -0.15) is 13.2 Å². The van der Waals surface area contributed by atoms with Crippen molar-refractivity contribution in [1.29, 1.82) is 0 Å². The van der Waals surface area contributed by atoms with E-state index in [4.69, 9.17) is 4.74 Å². The molecule has 0 aliphatic carbocycles. The van der Waals surface area contributed by atoms with Gasteiger partial charge in [-0.15, -0.1) is 0 Å². The van der Waals surface area contributed by atoms with E-state index in [1.54, 1.807) is 24.8 Å². The molecule has 160 valence electrons. The lowest BCUT2D eigenvalue weighted by atomic mass is 10.2. The minimum atomic E-state index is -4.57. The average molecular weight is 430 g/mol. The first-order chi connectivity index (χ1) is 14.9. The molecule has 1 saturated heterocycles. The number of aromatic nitrogens is 7. The molecule has 12 heteroatoms. The van der Waals surface area contributed by atoms with Crippen LogP contribution in [0, 0.1) is 0 Å². The summed E-state index contributed by atoms with van der Waals surface area (Å²) in [6.07, 6.45) is 3.48. The number of alkyl halides is 3. The summed E-state index contributed by atoms with van der Waals surface area (Å²) >= 11 is 0. The predicted octanol–water partition coefficient (Wildman–Crippen LogP) is 2.89. The average Bonchev–Trinajstić information content (AvgIpc) is 3.42. The monoisotopic (exact) mass is 430 g/mol. The summed E-state index contributed by atoms with van der Waals surface area (Å²) in [6, 6.07) is 1.76. The smallest absolute Gasteiger partial charge is 0.365 e. The molecular weight excluding hydrogens is 413 g/mol. The van der Waals surface area contributed by atoms with E-state index in [1.165, 1.54) is 10.6 Å². The summed E-state index contributed by atoms with van der Waals surface area (Å²) in [4.78, 5) is 25.6. The van der Waals surface area contributed by atoms with Crippen molar-refractivity contribution in [3.8, 4) is 11.5 Å². The molecule has 0 radical (unpaired) electrons. The van der Waals surface area contributed by atoms with E-state index in [9.17, 15) is 13.2 Å². The van der Waals surface area contributed by atoms with Crippen molar-refractivity contribution in [2.45, 2.75) is 25.3 Å². The lowest BCUT2D eigenvalue weighted by Gasteiger charge is -2.37. The molecule has 2 atom stereocenters. The highest BCUT2D eigenvalue weighted by Gasteiger charge is 2.33. The van der Waals surface area contributed by atoms with E-state index < -0.39 is 11.9 Å². The molecule has 4 aromatic heterocycles. The third kappa shape index (κ3) is 3.69. The fourth-order valence-corrected chi connectivity index (χ4v) is 3.60. The number of ether oxygens (including phenoxy) is 1. The molecule has 0 unspecified atom stereocenters. The zero-order valence-corrected chi connectivity index (χ0v) is 16.3. The van der Waals surface area contributed by atoms with Crippen LogP contribution in [0.5, 0.6) is 0 Å². The molecular formula is C19H17F3N8O. The zero-order valence-electron chi connectivity index (χ0n) is 16.3. The van der Waals surface area contributed by atoms with E-state index in [0.717, 1.165) is 18.1 Å². The number of nitrogens with one attached hydrogen (secondary N) is 1. The van der Waals surface area contributed by atoms with Gasteiger partial charge in [0, 0.05) is 18.9 Å². The summed E-state index contributed by atoms with van der Waals surface area (Å²) in [5.41, 5.74) is 0.465. The Kier molecular flexibility index (Phi) is 4.58. The Bertz CT molecular complexity index is 1210.